The number of ether oxygens (including phenoxy) is 1. The van der Waals surface area contributed by atoms with Crippen molar-refractivity contribution in [1.82, 2.24) is 14.9 Å². The largest absolute Gasteiger partial charge is 0.402 e. The number of fused-ring (bicyclic) bond motifs is 1. The van der Waals surface area contributed by atoms with Gasteiger partial charge in [-0.25, -0.2) is 9.97 Å². The van der Waals surface area contributed by atoms with Crippen molar-refractivity contribution in [3.63, 3.8) is 0 Å². The first-order valence-electron chi connectivity index (χ1n) is 10.6. The molecule has 2 aromatic rings. The number of aliphatic hydroxyl groups excluding tert-OH is 1. The van der Waals surface area contributed by atoms with Gasteiger partial charge in [0.15, 0.2) is 0 Å². The number of amidine groups is 1. The van der Waals surface area contributed by atoms with Gasteiger partial charge < -0.3 is 20.9 Å². The maximum Gasteiger partial charge on any atom is 0.228 e. The minimum atomic E-state index is -0.391. The number of anilines is 1. The van der Waals surface area contributed by atoms with E-state index in [0.29, 0.717) is 36.6 Å². The highest BCUT2D eigenvalue weighted by Gasteiger charge is 2.34. The molecule has 9 heteroatoms. The molecule has 2 aliphatic rings. The van der Waals surface area contributed by atoms with Crippen LogP contribution in [-0.4, -0.2) is 71.3 Å². The molecule has 3 heterocycles. The van der Waals surface area contributed by atoms with E-state index in [1.807, 2.05) is 6.07 Å². The lowest BCUT2D eigenvalue weighted by Gasteiger charge is -2.36. The summed E-state index contributed by atoms with van der Waals surface area (Å²) in [5, 5.41) is 14.9. The molecule has 0 saturated carbocycles. The number of aliphatic hydroxyl groups is 1. The van der Waals surface area contributed by atoms with Gasteiger partial charge in [-0.1, -0.05) is 11.6 Å². The minimum Gasteiger partial charge on any atom is -0.402 e. The van der Waals surface area contributed by atoms with Crippen molar-refractivity contribution in [2.45, 2.75) is 37.8 Å². The van der Waals surface area contributed by atoms with Gasteiger partial charge in [0.2, 0.25) is 5.95 Å². The van der Waals surface area contributed by atoms with E-state index in [4.69, 9.17) is 22.1 Å². The standard InChI is InChI=1S/C22H29ClN6O2/c1-13(24)7-21(25-2)28-22-26-10-15-8-17(23)16(9-18(15)27-22)14-3-5-29(6-4-14)19-11-31-12-20(19)30/h7-10,14,19-20,30H,3-6,11-12,24H2,1-2H3,(H,25,26,27,28)/b13-7-/t19-,20+/m0/s1. The van der Waals surface area contributed by atoms with Crippen molar-refractivity contribution in [2.24, 2.45) is 10.7 Å². The summed E-state index contributed by atoms with van der Waals surface area (Å²) in [5.41, 5.74) is 8.34. The molecule has 1 aromatic heterocycles. The van der Waals surface area contributed by atoms with Crippen molar-refractivity contribution >= 4 is 34.3 Å². The number of allylic oxidation sites excluding steroid dienone is 1. The van der Waals surface area contributed by atoms with Crippen LogP contribution in [0.5, 0.6) is 0 Å². The third-order valence-electron chi connectivity index (χ3n) is 6.00. The Bertz CT molecular complexity index is 999. The Morgan fingerprint density at radius 3 is 2.77 bits per heavy atom. The number of halogens is 1. The summed E-state index contributed by atoms with van der Waals surface area (Å²) in [4.78, 5) is 15.5. The zero-order valence-corrected chi connectivity index (χ0v) is 18.6. The van der Waals surface area contributed by atoms with Gasteiger partial charge in [-0.2, -0.15) is 0 Å². The Hall–Kier alpha value is -2.26. The number of nitrogens with one attached hydrogen (secondary N) is 1. The lowest BCUT2D eigenvalue weighted by Crippen LogP contribution is -2.46. The van der Waals surface area contributed by atoms with Crippen molar-refractivity contribution in [3.8, 4) is 0 Å². The van der Waals surface area contributed by atoms with Gasteiger partial charge in [0, 0.05) is 29.4 Å². The zero-order chi connectivity index (χ0) is 22.0. The summed E-state index contributed by atoms with van der Waals surface area (Å²) in [7, 11) is 1.68. The molecule has 0 radical (unpaired) electrons. The number of hydrogen-bond acceptors (Lipinski definition) is 7. The Kier molecular flexibility index (Phi) is 6.71. The molecule has 0 unspecified atom stereocenters. The fraction of sp³-hybridized carbons (Fsp3) is 0.500. The van der Waals surface area contributed by atoms with Crippen LogP contribution in [0.2, 0.25) is 5.02 Å². The van der Waals surface area contributed by atoms with E-state index in [0.717, 1.165) is 47.4 Å². The van der Waals surface area contributed by atoms with E-state index in [9.17, 15) is 5.11 Å². The van der Waals surface area contributed by atoms with Gasteiger partial charge in [0.1, 0.15) is 5.84 Å². The second-order valence-corrected chi connectivity index (χ2v) is 8.64. The third-order valence-corrected chi connectivity index (χ3v) is 6.33. The number of likely N-dealkylation sites (tertiary alicyclic amines) is 1. The summed E-state index contributed by atoms with van der Waals surface area (Å²) in [6, 6.07) is 4.12. The van der Waals surface area contributed by atoms with Crippen LogP contribution < -0.4 is 11.1 Å². The Morgan fingerprint density at radius 1 is 1.35 bits per heavy atom. The second-order valence-electron chi connectivity index (χ2n) is 8.23. The number of aromatic nitrogens is 2. The molecule has 4 N–H and O–H groups in total. The molecule has 0 amide bonds. The summed E-state index contributed by atoms with van der Waals surface area (Å²) >= 11 is 6.64. The fourth-order valence-corrected chi connectivity index (χ4v) is 4.68. The van der Waals surface area contributed by atoms with Crippen LogP contribution in [-0.2, 0) is 4.74 Å². The number of nitrogens with zero attached hydrogens (tertiary/aromatic N) is 4. The molecular formula is C22H29ClN6O2. The first kappa shape index (κ1) is 22.0. The van der Waals surface area contributed by atoms with Crippen LogP contribution in [0.1, 0.15) is 31.2 Å². The molecule has 8 nitrogen and oxygen atoms in total. The second kappa shape index (κ2) is 9.48. The topological polar surface area (TPSA) is 109 Å². The molecule has 0 aliphatic carbocycles. The first-order valence-corrected chi connectivity index (χ1v) is 11.0. The van der Waals surface area contributed by atoms with Crippen LogP contribution in [0, 0.1) is 0 Å². The van der Waals surface area contributed by atoms with Crippen molar-refractivity contribution in [2.75, 3.05) is 38.7 Å². The molecule has 2 aliphatic heterocycles. The molecule has 0 bridgehead atoms. The van der Waals surface area contributed by atoms with Gasteiger partial charge in [-0.3, -0.25) is 9.89 Å². The molecule has 166 valence electrons. The molecule has 2 saturated heterocycles. The summed E-state index contributed by atoms with van der Waals surface area (Å²) in [6.07, 6.45) is 5.07. The molecule has 2 fully saturated rings. The van der Waals surface area contributed by atoms with Crippen LogP contribution in [0.15, 0.2) is 35.1 Å². The highest BCUT2D eigenvalue weighted by atomic mass is 35.5. The van der Waals surface area contributed by atoms with Gasteiger partial charge in [-0.05, 0) is 62.5 Å². The summed E-state index contributed by atoms with van der Waals surface area (Å²) in [6.45, 7) is 4.68. The van der Waals surface area contributed by atoms with Crippen LogP contribution in [0.4, 0.5) is 5.95 Å². The average molecular weight is 445 g/mol. The number of hydrogen-bond donors (Lipinski definition) is 3. The van der Waals surface area contributed by atoms with Crippen LogP contribution in [0.25, 0.3) is 10.9 Å². The number of piperidine rings is 1. The van der Waals surface area contributed by atoms with E-state index >= 15 is 0 Å². The number of benzene rings is 1. The van der Waals surface area contributed by atoms with E-state index in [-0.39, 0.29) is 6.04 Å². The molecule has 4 rings (SSSR count). The zero-order valence-electron chi connectivity index (χ0n) is 17.9. The van der Waals surface area contributed by atoms with E-state index in [1.165, 1.54) is 0 Å². The third kappa shape index (κ3) is 4.98. The first-order chi connectivity index (χ1) is 14.9. The predicted molar refractivity (Wildman–Crippen MR) is 124 cm³/mol. The summed E-state index contributed by atoms with van der Waals surface area (Å²) < 4.78 is 5.42. The highest BCUT2D eigenvalue weighted by molar-refractivity contribution is 6.32. The van der Waals surface area contributed by atoms with Crippen molar-refractivity contribution < 1.29 is 9.84 Å². The Balaban J connectivity index is 1.52. The van der Waals surface area contributed by atoms with Crippen molar-refractivity contribution in [3.05, 3.63) is 40.7 Å². The highest BCUT2D eigenvalue weighted by Crippen LogP contribution is 2.36. The smallest absolute Gasteiger partial charge is 0.228 e. The maximum atomic E-state index is 10.1. The van der Waals surface area contributed by atoms with Crippen LogP contribution >= 0.6 is 11.6 Å². The fourth-order valence-electron chi connectivity index (χ4n) is 4.35. The Labute approximate surface area is 187 Å². The van der Waals surface area contributed by atoms with E-state index < -0.39 is 6.10 Å². The van der Waals surface area contributed by atoms with E-state index in [1.54, 1.807) is 26.2 Å². The molecule has 0 spiro atoms. The Morgan fingerprint density at radius 2 is 2.13 bits per heavy atom. The summed E-state index contributed by atoms with van der Waals surface area (Å²) in [5.74, 6) is 1.41. The monoisotopic (exact) mass is 444 g/mol. The van der Waals surface area contributed by atoms with Gasteiger partial charge in [-0.15, -0.1) is 0 Å². The molecular weight excluding hydrogens is 416 g/mol. The van der Waals surface area contributed by atoms with E-state index in [2.05, 4.69) is 31.2 Å². The molecule has 31 heavy (non-hydrogen) atoms. The lowest BCUT2D eigenvalue weighted by molar-refractivity contribution is 0.0663. The van der Waals surface area contributed by atoms with Gasteiger partial charge in [0.25, 0.3) is 0 Å². The number of nitrogens with two attached hydrogens (primary N) is 1. The van der Waals surface area contributed by atoms with Crippen LogP contribution in [0.3, 0.4) is 0 Å². The quantitative estimate of drug-likeness (QED) is 0.491. The molecule has 1 aromatic carbocycles. The normalized spacial score (nSPS) is 24.1. The predicted octanol–water partition coefficient (Wildman–Crippen LogP) is 2.53. The number of aliphatic imine (C=N–C) groups is 1. The molecule has 2 atom stereocenters. The van der Waals surface area contributed by atoms with Crippen molar-refractivity contribution in [1.29, 1.82) is 0 Å². The maximum absolute atomic E-state index is 10.1. The minimum absolute atomic E-state index is 0.107. The van der Waals surface area contributed by atoms with Gasteiger partial charge >= 0.3 is 0 Å². The SMILES string of the molecule is CN=C(/C=C(/C)N)Nc1ncc2cc(Cl)c(C3CCN([C@H]4COC[C@H]4O)CC3)cc2n1. The van der Waals surface area contributed by atoms with Gasteiger partial charge in [0.05, 0.1) is 30.9 Å². The average Bonchev–Trinajstić information content (AvgIpc) is 3.18. The lowest BCUT2D eigenvalue weighted by atomic mass is 9.88. The number of rotatable bonds is 4.